The van der Waals surface area contributed by atoms with Crippen LogP contribution in [0.1, 0.15) is 22.7 Å². The van der Waals surface area contributed by atoms with Gasteiger partial charge < -0.3 is 10.4 Å². The van der Waals surface area contributed by atoms with E-state index in [-0.39, 0.29) is 12.6 Å². The SMILES string of the molecule is Cc1ccccc1[C@H](NCCO)c1ccccc1. The molecular formula is C16H19NO. The van der Waals surface area contributed by atoms with Gasteiger partial charge in [-0.15, -0.1) is 0 Å². The zero-order valence-electron chi connectivity index (χ0n) is 10.6. The predicted octanol–water partition coefficient (Wildman–Crippen LogP) is 2.67. The summed E-state index contributed by atoms with van der Waals surface area (Å²) in [6.45, 7) is 2.86. The molecule has 0 aliphatic heterocycles. The van der Waals surface area contributed by atoms with Crippen LogP contribution in [-0.4, -0.2) is 18.3 Å². The van der Waals surface area contributed by atoms with Gasteiger partial charge in [-0.25, -0.2) is 0 Å². The van der Waals surface area contributed by atoms with Crippen molar-refractivity contribution >= 4 is 0 Å². The van der Waals surface area contributed by atoms with E-state index in [1.54, 1.807) is 0 Å². The molecule has 0 saturated carbocycles. The van der Waals surface area contributed by atoms with Gasteiger partial charge in [0.25, 0.3) is 0 Å². The first-order chi connectivity index (χ1) is 8.83. The zero-order valence-corrected chi connectivity index (χ0v) is 10.6. The van der Waals surface area contributed by atoms with Gasteiger partial charge >= 0.3 is 0 Å². The number of hydrogen-bond acceptors (Lipinski definition) is 2. The third-order valence-corrected chi connectivity index (χ3v) is 3.09. The Balaban J connectivity index is 2.34. The minimum Gasteiger partial charge on any atom is -0.395 e. The van der Waals surface area contributed by atoms with E-state index in [2.05, 4.69) is 42.6 Å². The summed E-state index contributed by atoms with van der Waals surface area (Å²) in [7, 11) is 0. The van der Waals surface area contributed by atoms with Crippen molar-refractivity contribution in [2.24, 2.45) is 0 Å². The first-order valence-electron chi connectivity index (χ1n) is 6.27. The van der Waals surface area contributed by atoms with Crippen LogP contribution in [0, 0.1) is 6.92 Å². The third kappa shape index (κ3) is 2.97. The van der Waals surface area contributed by atoms with Crippen molar-refractivity contribution in [2.75, 3.05) is 13.2 Å². The number of aliphatic hydroxyl groups is 1. The van der Waals surface area contributed by atoms with Crippen LogP contribution in [0.3, 0.4) is 0 Å². The van der Waals surface area contributed by atoms with E-state index in [9.17, 15) is 0 Å². The summed E-state index contributed by atoms with van der Waals surface area (Å²) in [5.74, 6) is 0. The molecule has 0 bridgehead atoms. The van der Waals surface area contributed by atoms with Crippen molar-refractivity contribution in [3.05, 3.63) is 71.3 Å². The van der Waals surface area contributed by atoms with Gasteiger partial charge in [0.2, 0.25) is 0 Å². The number of benzene rings is 2. The van der Waals surface area contributed by atoms with Gasteiger partial charge in [-0.3, -0.25) is 0 Å². The van der Waals surface area contributed by atoms with E-state index in [4.69, 9.17) is 5.11 Å². The standard InChI is InChI=1S/C16H19NO/c1-13-7-5-6-10-15(13)16(17-11-12-18)14-8-3-2-4-9-14/h2-10,16-18H,11-12H2,1H3/t16-/m1/s1. The fourth-order valence-corrected chi connectivity index (χ4v) is 2.17. The highest BCUT2D eigenvalue weighted by molar-refractivity contribution is 5.36. The highest BCUT2D eigenvalue weighted by Gasteiger charge is 2.14. The van der Waals surface area contributed by atoms with E-state index in [1.807, 2.05) is 24.3 Å². The van der Waals surface area contributed by atoms with Crippen LogP contribution in [0.5, 0.6) is 0 Å². The molecule has 0 heterocycles. The quantitative estimate of drug-likeness (QED) is 0.843. The Kier molecular flexibility index (Phi) is 4.51. The Labute approximate surface area is 108 Å². The molecule has 2 nitrogen and oxygen atoms in total. The van der Waals surface area contributed by atoms with E-state index in [0.717, 1.165) is 0 Å². The minimum absolute atomic E-state index is 0.138. The number of hydrogen-bond donors (Lipinski definition) is 2. The van der Waals surface area contributed by atoms with Crippen LogP contribution in [-0.2, 0) is 0 Å². The molecule has 94 valence electrons. The summed E-state index contributed by atoms with van der Waals surface area (Å²) >= 11 is 0. The summed E-state index contributed by atoms with van der Waals surface area (Å²) in [5, 5.41) is 12.4. The zero-order chi connectivity index (χ0) is 12.8. The van der Waals surface area contributed by atoms with E-state index in [0.29, 0.717) is 6.54 Å². The van der Waals surface area contributed by atoms with Gasteiger partial charge in [-0.1, -0.05) is 54.6 Å². The van der Waals surface area contributed by atoms with E-state index < -0.39 is 0 Å². The Morgan fingerprint density at radius 3 is 2.33 bits per heavy atom. The lowest BCUT2D eigenvalue weighted by Gasteiger charge is -2.21. The number of nitrogens with one attached hydrogen (secondary N) is 1. The maximum absolute atomic E-state index is 9.02. The van der Waals surface area contributed by atoms with Crippen LogP contribution in [0.4, 0.5) is 0 Å². The molecule has 0 saturated heterocycles. The van der Waals surface area contributed by atoms with Crippen molar-refractivity contribution in [2.45, 2.75) is 13.0 Å². The number of rotatable bonds is 5. The Morgan fingerprint density at radius 2 is 1.67 bits per heavy atom. The normalized spacial score (nSPS) is 12.3. The molecule has 2 aromatic carbocycles. The average molecular weight is 241 g/mol. The van der Waals surface area contributed by atoms with Crippen LogP contribution in [0.25, 0.3) is 0 Å². The average Bonchev–Trinajstić information content (AvgIpc) is 2.42. The molecule has 0 aromatic heterocycles. The van der Waals surface area contributed by atoms with Crippen molar-refractivity contribution in [3.8, 4) is 0 Å². The van der Waals surface area contributed by atoms with Gasteiger partial charge in [0.05, 0.1) is 12.6 Å². The fraction of sp³-hybridized carbons (Fsp3) is 0.250. The molecule has 0 aliphatic rings. The van der Waals surface area contributed by atoms with Crippen LogP contribution in [0.15, 0.2) is 54.6 Å². The Hall–Kier alpha value is -1.64. The maximum atomic E-state index is 9.02. The van der Waals surface area contributed by atoms with Gasteiger partial charge in [-0.05, 0) is 23.6 Å². The first-order valence-corrected chi connectivity index (χ1v) is 6.27. The minimum atomic E-state index is 0.138. The predicted molar refractivity (Wildman–Crippen MR) is 74.6 cm³/mol. The molecule has 18 heavy (non-hydrogen) atoms. The van der Waals surface area contributed by atoms with Crippen molar-refractivity contribution in [1.82, 2.24) is 5.32 Å². The molecule has 0 unspecified atom stereocenters. The molecule has 1 atom stereocenters. The second-order valence-electron chi connectivity index (χ2n) is 4.38. The summed E-state index contributed by atoms with van der Waals surface area (Å²) < 4.78 is 0. The summed E-state index contributed by atoms with van der Waals surface area (Å²) in [5.41, 5.74) is 3.74. The van der Waals surface area contributed by atoms with Crippen LogP contribution >= 0.6 is 0 Å². The third-order valence-electron chi connectivity index (χ3n) is 3.09. The first kappa shape index (κ1) is 12.8. The lowest BCUT2D eigenvalue weighted by Crippen LogP contribution is -2.26. The molecule has 0 radical (unpaired) electrons. The van der Waals surface area contributed by atoms with Crippen molar-refractivity contribution in [1.29, 1.82) is 0 Å². The van der Waals surface area contributed by atoms with E-state index in [1.165, 1.54) is 16.7 Å². The molecule has 2 rings (SSSR count). The molecule has 0 aliphatic carbocycles. The van der Waals surface area contributed by atoms with Crippen molar-refractivity contribution < 1.29 is 5.11 Å². The Bertz CT molecular complexity index is 481. The largest absolute Gasteiger partial charge is 0.395 e. The van der Waals surface area contributed by atoms with Gasteiger partial charge in [0.15, 0.2) is 0 Å². The highest BCUT2D eigenvalue weighted by atomic mass is 16.3. The lowest BCUT2D eigenvalue weighted by molar-refractivity contribution is 0.288. The smallest absolute Gasteiger partial charge is 0.0580 e. The van der Waals surface area contributed by atoms with E-state index >= 15 is 0 Å². The topological polar surface area (TPSA) is 32.3 Å². The molecule has 0 spiro atoms. The van der Waals surface area contributed by atoms with Crippen LogP contribution in [0.2, 0.25) is 0 Å². The lowest BCUT2D eigenvalue weighted by atomic mass is 9.95. The van der Waals surface area contributed by atoms with Gasteiger partial charge in [0.1, 0.15) is 0 Å². The molecule has 2 N–H and O–H groups in total. The summed E-state index contributed by atoms with van der Waals surface area (Å²) in [6, 6.07) is 18.8. The van der Waals surface area contributed by atoms with Crippen molar-refractivity contribution in [3.63, 3.8) is 0 Å². The molecule has 2 aromatic rings. The maximum Gasteiger partial charge on any atom is 0.0580 e. The van der Waals surface area contributed by atoms with Crippen LogP contribution < -0.4 is 5.32 Å². The molecule has 2 heteroatoms. The second-order valence-corrected chi connectivity index (χ2v) is 4.38. The summed E-state index contributed by atoms with van der Waals surface area (Å²) in [4.78, 5) is 0. The summed E-state index contributed by atoms with van der Waals surface area (Å²) in [6.07, 6.45) is 0. The fourth-order valence-electron chi connectivity index (χ4n) is 2.17. The van der Waals surface area contributed by atoms with Gasteiger partial charge in [-0.2, -0.15) is 0 Å². The molecular weight excluding hydrogens is 222 g/mol. The number of aliphatic hydroxyl groups excluding tert-OH is 1. The second kappa shape index (κ2) is 6.34. The number of aryl methyl sites for hydroxylation is 1. The van der Waals surface area contributed by atoms with Gasteiger partial charge in [0, 0.05) is 6.54 Å². The molecule has 0 amide bonds. The highest BCUT2D eigenvalue weighted by Crippen LogP contribution is 2.24. The molecule has 0 fully saturated rings. The Morgan fingerprint density at radius 1 is 1.00 bits per heavy atom. The monoisotopic (exact) mass is 241 g/mol.